The topological polar surface area (TPSA) is 129 Å². The summed E-state index contributed by atoms with van der Waals surface area (Å²) in [5.41, 5.74) is 2.28. The summed E-state index contributed by atoms with van der Waals surface area (Å²) in [4.78, 5) is 42.8. The third kappa shape index (κ3) is 6.26. The number of aliphatic hydroxyl groups excluding tert-OH is 1. The molecule has 0 radical (unpaired) electrons. The van der Waals surface area contributed by atoms with Gasteiger partial charge in [0.05, 0.1) is 29.3 Å². The Bertz CT molecular complexity index is 1860. The van der Waals surface area contributed by atoms with E-state index >= 15 is 4.39 Å². The normalized spacial score (nSPS) is 37.4. The zero-order valence-electron chi connectivity index (χ0n) is 33.8. The maximum Gasteiger partial charge on any atom is 0.337 e. The summed E-state index contributed by atoms with van der Waals surface area (Å²) in [5.74, 6) is 0.221. The number of carboxylic acids is 1. The van der Waals surface area contributed by atoms with Crippen LogP contribution < -0.4 is 10.6 Å². The minimum absolute atomic E-state index is 0.0607. The van der Waals surface area contributed by atoms with Crippen LogP contribution in [0.3, 0.4) is 0 Å². The Labute approximate surface area is 326 Å². The number of nitrogens with zero attached hydrogens (tertiary/aromatic N) is 1. The largest absolute Gasteiger partial charge is 0.478 e. The second kappa shape index (κ2) is 14.1. The number of halogens is 1. The number of carbonyl (C=O) groups excluding carboxylic acids is 2. The molecule has 1 aromatic heterocycles. The number of nitrogens with one attached hydrogen (secondary N) is 2. The number of rotatable bonds is 9. The van der Waals surface area contributed by atoms with E-state index in [0.29, 0.717) is 40.5 Å². The Morgan fingerprint density at radius 1 is 0.873 bits per heavy atom. The van der Waals surface area contributed by atoms with E-state index in [2.05, 4.69) is 63.7 Å². The van der Waals surface area contributed by atoms with Crippen molar-refractivity contribution in [1.82, 2.24) is 15.6 Å². The van der Waals surface area contributed by atoms with Gasteiger partial charge in [0, 0.05) is 18.3 Å². The molecule has 0 spiro atoms. The number of fused-ring (bicyclic) bond motifs is 7. The molecular formula is C46H62FN3O5. The van der Waals surface area contributed by atoms with Gasteiger partial charge >= 0.3 is 5.97 Å². The van der Waals surface area contributed by atoms with Gasteiger partial charge in [0.25, 0.3) is 5.91 Å². The lowest BCUT2D eigenvalue weighted by molar-refractivity contribution is -0.246. The summed E-state index contributed by atoms with van der Waals surface area (Å²) in [5, 5.41) is 26.3. The van der Waals surface area contributed by atoms with Crippen LogP contribution in [-0.4, -0.2) is 45.6 Å². The highest BCUT2D eigenvalue weighted by Gasteiger charge is 2.71. The molecule has 0 saturated heterocycles. The van der Waals surface area contributed by atoms with E-state index in [9.17, 15) is 19.5 Å². The molecule has 0 bridgehead atoms. The van der Waals surface area contributed by atoms with Crippen molar-refractivity contribution in [2.75, 3.05) is 6.54 Å². The summed E-state index contributed by atoms with van der Waals surface area (Å²) in [6, 6.07) is 7.24. The summed E-state index contributed by atoms with van der Waals surface area (Å²) >= 11 is 0. The molecule has 2 aromatic rings. The van der Waals surface area contributed by atoms with E-state index < -0.39 is 23.1 Å². The first kappa shape index (κ1) is 39.6. The Balaban J connectivity index is 1.05. The summed E-state index contributed by atoms with van der Waals surface area (Å²) in [6.45, 7) is 19.3. The lowest BCUT2D eigenvalue weighted by Crippen LogP contribution is -2.67. The smallest absolute Gasteiger partial charge is 0.337 e. The van der Waals surface area contributed by atoms with Crippen molar-refractivity contribution in [3.63, 3.8) is 0 Å². The van der Waals surface area contributed by atoms with Crippen molar-refractivity contribution in [2.45, 2.75) is 125 Å². The third-order valence-corrected chi connectivity index (χ3v) is 17.0. The van der Waals surface area contributed by atoms with Crippen molar-refractivity contribution in [3.8, 4) is 0 Å². The molecule has 5 aliphatic carbocycles. The van der Waals surface area contributed by atoms with Crippen molar-refractivity contribution >= 4 is 17.8 Å². The number of hydrogen-bond acceptors (Lipinski definition) is 5. The number of aliphatic hydroxyl groups is 1. The molecule has 4 N–H and O–H groups in total. The lowest BCUT2D eigenvalue weighted by atomic mass is 9.32. The summed E-state index contributed by atoms with van der Waals surface area (Å²) in [7, 11) is 0. The zero-order chi connectivity index (χ0) is 39.7. The van der Waals surface area contributed by atoms with Crippen LogP contribution in [0, 0.1) is 62.5 Å². The average Bonchev–Trinajstić information content (AvgIpc) is 3.55. The molecule has 0 aliphatic heterocycles. The minimum Gasteiger partial charge on any atom is -0.478 e. The maximum absolute atomic E-state index is 15.1. The zero-order valence-corrected chi connectivity index (χ0v) is 33.8. The highest BCUT2D eigenvalue weighted by atomic mass is 19.1. The van der Waals surface area contributed by atoms with E-state index in [4.69, 9.17) is 5.11 Å². The second-order valence-corrected chi connectivity index (χ2v) is 19.6. The van der Waals surface area contributed by atoms with E-state index in [1.165, 1.54) is 42.8 Å². The number of pyridine rings is 1. The monoisotopic (exact) mass is 755 g/mol. The fourth-order valence-corrected chi connectivity index (χ4v) is 13.8. The van der Waals surface area contributed by atoms with Crippen LogP contribution in [0.1, 0.15) is 138 Å². The molecular weight excluding hydrogens is 694 g/mol. The molecule has 5 saturated carbocycles. The second-order valence-electron chi connectivity index (χ2n) is 19.6. The molecule has 2 amide bonds. The predicted octanol–water partition coefficient (Wildman–Crippen LogP) is 8.53. The highest BCUT2D eigenvalue weighted by molar-refractivity contribution is 5.94. The molecule has 55 heavy (non-hydrogen) atoms. The van der Waals surface area contributed by atoms with Crippen molar-refractivity contribution in [1.29, 1.82) is 0 Å². The van der Waals surface area contributed by atoms with Gasteiger partial charge in [-0.25, -0.2) is 9.18 Å². The van der Waals surface area contributed by atoms with Gasteiger partial charge < -0.3 is 20.8 Å². The number of amides is 2. The van der Waals surface area contributed by atoms with E-state index in [1.54, 1.807) is 12.1 Å². The lowest BCUT2D eigenvalue weighted by Gasteiger charge is -2.72. The molecule has 1 heterocycles. The van der Waals surface area contributed by atoms with Crippen LogP contribution in [0.5, 0.6) is 0 Å². The standard InChI is InChI=1S/C46H62FN3O5/c1-27(2)32-14-20-46(41(55)48-23-17-28-24-29(9-12-34(28)47)39(52)50-26-31-10-8-30(25-49-31)40(53)54)22-21-44(6)33(38(32)46)11-13-36-43(5)18-16-37(51)42(3,4)35(43)15-19-45(36,44)7/h8-10,12,24-25,32-33,35-38,51H,1,11,13-23,26H2,2-7H3,(H,48,55)(H,50,52)(H,53,54)/t32-,33?,35?,36?,37-,38?,43-,44+,45+,46-/m0/s1. The summed E-state index contributed by atoms with van der Waals surface area (Å²) in [6.07, 6.45) is 11.5. The highest BCUT2D eigenvalue weighted by Crippen LogP contribution is 2.77. The van der Waals surface area contributed by atoms with Gasteiger partial charge in [-0.2, -0.15) is 0 Å². The molecule has 9 heteroatoms. The van der Waals surface area contributed by atoms with E-state index in [-0.39, 0.29) is 64.7 Å². The van der Waals surface area contributed by atoms with Gasteiger partial charge in [0.15, 0.2) is 0 Å². The van der Waals surface area contributed by atoms with Gasteiger partial charge in [-0.3, -0.25) is 14.6 Å². The molecule has 8 nitrogen and oxygen atoms in total. The molecule has 4 unspecified atom stereocenters. The van der Waals surface area contributed by atoms with Crippen LogP contribution in [-0.2, 0) is 17.8 Å². The molecule has 5 aliphatic rings. The molecule has 7 rings (SSSR count). The fraction of sp³-hybridized carbons (Fsp3) is 0.652. The van der Waals surface area contributed by atoms with Crippen molar-refractivity contribution in [3.05, 3.63) is 76.9 Å². The Morgan fingerprint density at radius 2 is 1.62 bits per heavy atom. The van der Waals surface area contributed by atoms with E-state index in [1.807, 2.05) is 0 Å². The van der Waals surface area contributed by atoms with Crippen molar-refractivity contribution in [2.24, 2.45) is 56.7 Å². The van der Waals surface area contributed by atoms with Gasteiger partial charge in [0.2, 0.25) is 5.91 Å². The average molecular weight is 756 g/mol. The van der Waals surface area contributed by atoms with Crippen LogP contribution in [0.15, 0.2) is 48.7 Å². The fourth-order valence-electron chi connectivity index (χ4n) is 13.8. The molecule has 298 valence electrons. The van der Waals surface area contributed by atoms with E-state index in [0.717, 1.165) is 51.4 Å². The molecule has 5 fully saturated rings. The number of hydrogen-bond donors (Lipinski definition) is 4. The Kier molecular flexibility index (Phi) is 10.2. The third-order valence-electron chi connectivity index (χ3n) is 17.0. The Morgan fingerprint density at radius 3 is 2.31 bits per heavy atom. The van der Waals surface area contributed by atoms with Gasteiger partial charge in [-0.15, -0.1) is 0 Å². The SMILES string of the molecule is C=C(C)[C@@H]1CC[C@]2(C(=O)NCCc3cc(C(=O)NCc4ccc(C(=O)O)cn4)ccc3F)CC[C@]3(C)C(CCC4[C@@]5(C)CC[C@H](O)C(C)(C)C5CC[C@]43C)C12. The molecule has 1 aromatic carbocycles. The van der Waals surface area contributed by atoms with Gasteiger partial charge in [-0.05, 0) is 165 Å². The number of aromatic carboxylic acids is 1. The number of allylic oxidation sites excluding steroid dienone is 1. The van der Waals surface area contributed by atoms with Crippen LogP contribution in [0.4, 0.5) is 4.39 Å². The summed E-state index contributed by atoms with van der Waals surface area (Å²) < 4.78 is 15.1. The van der Waals surface area contributed by atoms with Crippen molar-refractivity contribution < 1.29 is 29.0 Å². The first-order valence-electron chi connectivity index (χ1n) is 20.8. The first-order valence-corrected chi connectivity index (χ1v) is 20.8. The van der Waals surface area contributed by atoms with Crippen LogP contribution in [0.25, 0.3) is 0 Å². The first-order chi connectivity index (χ1) is 25.9. The van der Waals surface area contributed by atoms with Crippen LogP contribution >= 0.6 is 0 Å². The van der Waals surface area contributed by atoms with Crippen LogP contribution in [0.2, 0.25) is 0 Å². The number of carbonyl (C=O) groups is 3. The van der Waals surface area contributed by atoms with Gasteiger partial charge in [-0.1, -0.05) is 46.8 Å². The Hall–Kier alpha value is -3.59. The maximum atomic E-state index is 15.1. The number of aromatic nitrogens is 1. The number of carboxylic acid groups (broad SMARTS) is 1. The predicted molar refractivity (Wildman–Crippen MR) is 210 cm³/mol. The number of benzene rings is 1. The molecule has 10 atom stereocenters. The minimum atomic E-state index is -1.08. The van der Waals surface area contributed by atoms with Gasteiger partial charge in [0.1, 0.15) is 5.82 Å². The quantitative estimate of drug-likeness (QED) is 0.190.